The van der Waals surface area contributed by atoms with Crippen LogP contribution in [0.15, 0.2) is 18.3 Å². The minimum atomic E-state index is 0.419. The average molecular weight is 262 g/mol. The number of pyridine rings is 1. The van der Waals surface area contributed by atoms with Gasteiger partial charge in [0.25, 0.3) is 0 Å². The molecule has 2 atom stereocenters. The minimum Gasteiger partial charge on any atom is -0.385 e. The maximum absolute atomic E-state index is 6.05. The highest BCUT2D eigenvalue weighted by Crippen LogP contribution is 2.27. The van der Waals surface area contributed by atoms with Crippen LogP contribution in [0.2, 0.25) is 0 Å². The molecular weight excluding hydrogens is 236 g/mol. The molecule has 106 valence electrons. The van der Waals surface area contributed by atoms with Gasteiger partial charge in [0.2, 0.25) is 0 Å². The Hall–Kier alpha value is -1.09. The fourth-order valence-electron chi connectivity index (χ4n) is 2.66. The molecule has 3 heteroatoms. The van der Waals surface area contributed by atoms with Crippen molar-refractivity contribution in [3.63, 3.8) is 0 Å². The van der Waals surface area contributed by atoms with Gasteiger partial charge in [-0.2, -0.15) is 0 Å². The second-order valence-electron chi connectivity index (χ2n) is 5.57. The topological polar surface area (TPSA) is 34.2 Å². The van der Waals surface area contributed by atoms with Gasteiger partial charge in [-0.15, -0.1) is 0 Å². The fraction of sp³-hybridized carbons (Fsp3) is 0.688. The van der Waals surface area contributed by atoms with Gasteiger partial charge < -0.3 is 10.1 Å². The van der Waals surface area contributed by atoms with E-state index in [9.17, 15) is 0 Å². The Labute approximate surface area is 116 Å². The summed E-state index contributed by atoms with van der Waals surface area (Å²) in [7, 11) is 0. The summed E-state index contributed by atoms with van der Waals surface area (Å²) in [5, 5.41) is 3.39. The number of hydrogen-bond acceptors (Lipinski definition) is 3. The number of nitrogens with one attached hydrogen (secondary N) is 1. The van der Waals surface area contributed by atoms with Crippen molar-refractivity contribution < 1.29 is 4.74 Å². The van der Waals surface area contributed by atoms with Gasteiger partial charge in [-0.25, -0.2) is 0 Å². The molecule has 1 aliphatic carbocycles. The Morgan fingerprint density at radius 3 is 3.00 bits per heavy atom. The molecule has 1 aromatic rings. The molecule has 1 aromatic heterocycles. The molecule has 1 heterocycles. The molecule has 0 amide bonds. The Balaban J connectivity index is 1.84. The Morgan fingerprint density at radius 1 is 1.37 bits per heavy atom. The largest absolute Gasteiger partial charge is 0.385 e. The minimum absolute atomic E-state index is 0.419. The second kappa shape index (κ2) is 7.49. The van der Waals surface area contributed by atoms with Crippen molar-refractivity contribution >= 4 is 5.69 Å². The fourth-order valence-corrected chi connectivity index (χ4v) is 2.66. The SMILES string of the molecule is CCCNc1ccnc(COC2CCCCC2C)c1. The van der Waals surface area contributed by atoms with Crippen molar-refractivity contribution in [2.75, 3.05) is 11.9 Å². The third kappa shape index (κ3) is 4.50. The van der Waals surface area contributed by atoms with Gasteiger partial charge in [-0.1, -0.05) is 26.7 Å². The van der Waals surface area contributed by atoms with Crippen LogP contribution in [-0.2, 0) is 11.3 Å². The van der Waals surface area contributed by atoms with Crippen molar-refractivity contribution in [3.8, 4) is 0 Å². The van der Waals surface area contributed by atoms with Crippen LogP contribution < -0.4 is 5.32 Å². The Kier molecular flexibility index (Phi) is 5.64. The molecule has 0 aromatic carbocycles. The van der Waals surface area contributed by atoms with Crippen LogP contribution >= 0.6 is 0 Å². The highest BCUT2D eigenvalue weighted by Gasteiger charge is 2.21. The molecule has 2 rings (SSSR count). The molecule has 1 saturated carbocycles. The lowest BCUT2D eigenvalue weighted by Gasteiger charge is -2.28. The van der Waals surface area contributed by atoms with E-state index in [0.29, 0.717) is 18.6 Å². The second-order valence-corrected chi connectivity index (χ2v) is 5.57. The molecular formula is C16H26N2O. The van der Waals surface area contributed by atoms with E-state index in [0.717, 1.165) is 24.3 Å². The van der Waals surface area contributed by atoms with E-state index in [1.807, 2.05) is 12.3 Å². The number of ether oxygens (including phenoxy) is 1. The first-order chi connectivity index (χ1) is 9.29. The van der Waals surface area contributed by atoms with E-state index in [1.54, 1.807) is 0 Å². The van der Waals surface area contributed by atoms with E-state index < -0.39 is 0 Å². The third-order valence-electron chi connectivity index (χ3n) is 3.87. The zero-order valence-electron chi connectivity index (χ0n) is 12.2. The maximum Gasteiger partial charge on any atom is 0.0892 e. The number of nitrogens with zero attached hydrogens (tertiary/aromatic N) is 1. The summed E-state index contributed by atoms with van der Waals surface area (Å²) in [6.07, 6.45) is 8.58. The van der Waals surface area contributed by atoms with Crippen LogP contribution in [0.25, 0.3) is 0 Å². The standard InChI is InChI=1S/C16H26N2O/c1-3-9-17-14-8-10-18-15(11-14)12-19-16-7-5-4-6-13(16)2/h8,10-11,13,16H,3-7,9,12H2,1-2H3,(H,17,18). The van der Waals surface area contributed by atoms with Gasteiger partial charge in [-0.05, 0) is 37.3 Å². The highest BCUT2D eigenvalue weighted by atomic mass is 16.5. The van der Waals surface area contributed by atoms with Crippen LogP contribution in [0.5, 0.6) is 0 Å². The van der Waals surface area contributed by atoms with Gasteiger partial charge in [0.05, 0.1) is 18.4 Å². The molecule has 1 fully saturated rings. The van der Waals surface area contributed by atoms with Gasteiger partial charge in [-0.3, -0.25) is 4.98 Å². The molecule has 19 heavy (non-hydrogen) atoms. The zero-order chi connectivity index (χ0) is 13.5. The Morgan fingerprint density at radius 2 is 2.21 bits per heavy atom. The Bertz CT molecular complexity index is 381. The summed E-state index contributed by atoms with van der Waals surface area (Å²) in [4.78, 5) is 4.39. The maximum atomic E-state index is 6.05. The van der Waals surface area contributed by atoms with Crippen LogP contribution in [0.4, 0.5) is 5.69 Å². The summed E-state index contributed by atoms with van der Waals surface area (Å²) >= 11 is 0. The van der Waals surface area contributed by atoms with Gasteiger partial charge in [0.15, 0.2) is 0 Å². The molecule has 0 radical (unpaired) electrons. The number of aromatic nitrogens is 1. The predicted octanol–water partition coefficient (Wildman–Crippen LogP) is 4.00. The quantitative estimate of drug-likeness (QED) is 0.841. The predicted molar refractivity (Wildman–Crippen MR) is 79.2 cm³/mol. The number of hydrogen-bond donors (Lipinski definition) is 1. The summed E-state index contributed by atoms with van der Waals surface area (Å²) < 4.78 is 6.05. The van der Waals surface area contributed by atoms with Crippen molar-refractivity contribution in [2.24, 2.45) is 5.92 Å². The van der Waals surface area contributed by atoms with Crippen LogP contribution in [0.1, 0.15) is 51.6 Å². The third-order valence-corrected chi connectivity index (χ3v) is 3.87. The first-order valence-corrected chi connectivity index (χ1v) is 7.60. The number of rotatable bonds is 6. The normalized spacial score (nSPS) is 23.3. The lowest BCUT2D eigenvalue weighted by molar-refractivity contribution is -0.0167. The molecule has 3 nitrogen and oxygen atoms in total. The molecule has 1 aliphatic rings. The highest BCUT2D eigenvalue weighted by molar-refractivity contribution is 5.42. The van der Waals surface area contributed by atoms with E-state index in [-0.39, 0.29) is 0 Å². The summed E-state index contributed by atoms with van der Waals surface area (Å²) in [5.74, 6) is 0.690. The van der Waals surface area contributed by atoms with Gasteiger partial charge >= 0.3 is 0 Å². The monoisotopic (exact) mass is 262 g/mol. The first kappa shape index (κ1) is 14.3. The molecule has 1 N–H and O–H groups in total. The average Bonchev–Trinajstić information content (AvgIpc) is 2.45. The van der Waals surface area contributed by atoms with E-state index in [2.05, 4.69) is 30.2 Å². The van der Waals surface area contributed by atoms with Crippen molar-refractivity contribution in [1.82, 2.24) is 4.98 Å². The van der Waals surface area contributed by atoms with Gasteiger partial charge in [0.1, 0.15) is 0 Å². The summed E-state index contributed by atoms with van der Waals surface area (Å²) in [6, 6.07) is 4.12. The molecule has 0 aliphatic heterocycles. The van der Waals surface area contributed by atoms with Crippen molar-refractivity contribution in [2.45, 2.75) is 58.7 Å². The molecule has 0 bridgehead atoms. The van der Waals surface area contributed by atoms with E-state index in [1.165, 1.54) is 25.7 Å². The van der Waals surface area contributed by atoms with Crippen molar-refractivity contribution in [3.05, 3.63) is 24.0 Å². The molecule has 0 saturated heterocycles. The summed E-state index contributed by atoms with van der Waals surface area (Å²) in [6.45, 7) is 6.11. The first-order valence-electron chi connectivity index (χ1n) is 7.60. The molecule has 2 unspecified atom stereocenters. The van der Waals surface area contributed by atoms with Crippen LogP contribution in [-0.4, -0.2) is 17.6 Å². The van der Waals surface area contributed by atoms with Crippen LogP contribution in [0.3, 0.4) is 0 Å². The lowest BCUT2D eigenvalue weighted by Crippen LogP contribution is -2.25. The van der Waals surface area contributed by atoms with E-state index >= 15 is 0 Å². The lowest BCUT2D eigenvalue weighted by atomic mass is 9.88. The summed E-state index contributed by atoms with van der Waals surface area (Å²) in [5.41, 5.74) is 2.17. The van der Waals surface area contributed by atoms with Gasteiger partial charge in [0, 0.05) is 18.4 Å². The van der Waals surface area contributed by atoms with Crippen molar-refractivity contribution in [1.29, 1.82) is 0 Å². The van der Waals surface area contributed by atoms with Crippen LogP contribution in [0, 0.1) is 5.92 Å². The molecule has 0 spiro atoms. The zero-order valence-corrected chi connectivity index (χ0v) is 12.2. The number of anilines is 1. The van der Waals surface area contributed by atoms with E-state index in [4.69, 9.17) is 4.74 Å². The smallest absolute Gasteiger partial charge is 0.0892 e.